The summed E-state index contributed by atoms with van der Waals surface area (Å²) in [4.78, 5) is 0. The molecule has 0 spiro atoms. The summed E-state index contributed by atoms with van der Waals surface area (Å²) in [5, 5.41) is 0. The molecular formula is C21H24S4. The van der Waals surface area contributed by atoms with Gasteiger partial charge < -0.3 is 0 Å². The van der Waals surface area contributed by atoms with Crippen molar-refractivity contribution in [3.05, 3.63) is 71.8 Å². The van der Waals surface area contributed by atoms with Crippen LogP contribution >= 0.6 is 47.0 Å². The van der Waals surface area contributed by atoms with Crippen LogP contribution in [0, 0.1) is 0 Å². The van der Waals surface area contributed by atoms with Gasteiger partial charge in [-0.05, 0) is 24.0 Å². The van der Waals surface area contributed by atoms with Crippen molar-refractivity contribution in [2.75, 3.05) is 28.8 Å². The molecule has 132 valence electrons. The Labute approximate surface area is 168 Å². The maximum atomic E-state index is 2.32. The fraction of sp³-hybridized carbons (Fsp3) is 0.429. The molecule has 2 aromatic rings. The van der Waals surface area contributed by atoms with Crippen molar-refractivity contribution in [2.24, 2.45) is 0 Å². The number of thioether (sulfide) groups is 4. The van der Waals surface area contributed by atoms with E-state index in [-0.39, 0.29) is 0 Å². The van der Waals surface area contributed by atoms with E-state index < -0.39 is 0 Å². The van der Waals surface area contributed by atoms with Gasteiger partial charge in [0.1, 0.15) is 0 Å². The molecule has 4 heteroatoms. The fourth-order valence-electron chi connectivity index (χ4n) is 3.80. The molecule has 0 nitrogen and oxygen atoms in total. The van der Waals surface area contributed by atoms with Gasteiger partial charge in [0.25, 0.3) is 0 Å². The number of hydrogen-bond acceptors (Lipinski definition) is 4. The molecule has 2 fully saturated rings. The zero-order valence-electron chi connectivity index (χ0n) is 14.4. The van der Waals surface area contributed by atoms with Gasteiger partial charge in [0.05, 0.1) is 8.83 Å². The smallest absolute Gasteiger partial charge is 0.0808 e. The normalized spacial score (nSPS) is 25.8. The van der Waals surface area contributed by atoms with Crippen molar-refractivity contribution in [3.63, 3.8) is 0 Å². The van der Waals surface area contributed by atoms with E-state index in [0.29, 0.717) is 8.83 Å². The van der Waals surface area contributed by atoms with Crippen LogP contribution < -0.4 is 0 Å². The predicted octanol–water partition coefficient (Wildman–Crippen LogP) is 5.87. The highest BCUT2D eigenvalue weighted by atomic mass is 32.2. The van der Waals surface area contributed by atoms with Crippen LogP contribution in [0.25, 0.3) is 0 Å². The number of rotatable bonds is 5. The Bertz CT molecular complexity index is 659. The molecular weight excluding hydrogens is 380 g/mol. The van der Waals surface area contributed by atoms with E-state index in [2.05, 4.69) is 108 Å². The maximum Gasteiger partial charge on any atom is 0.0808 e. The Kier molecular flexibility index (Phi) is 6.01. The minimum atomic E-state index is 0.294. The summed E-state index contributed by atoms with van der Waals surface area (Å²) in [6.45, 7) is 0. The van der Waals surface area contributed by atoms with Crippen LogP contribution in [0.1, 0.15) is 11.1 Å². The number of benzene rings is 2. The average molecular weight is 405 g/mol. The molecule has 0 amide bonds. The molecule has 0 bridgehead atoms. The molecule has 2 aliphatic rings. The Balaban J connectivity index is 1.70. The van der Waals surface area contributed by atoms with Gasteiger partial charge in [0.15, 0.2) is 0 Å². The highest BCUT2D eigenvalue weighted by Gasteiger charge is 2.55. The summed E-state index contributed by atoms with van der Waals surface area (Å²) >= 11 is 8.90. The zero-order chi connectivity index (χ0) is 17.0. The van der Waals surface area contributed by atoms with Gasteiger partial charge in [-0.25, -0.2) is 0 Å². The summed E-state index contributed by atoms with van der Waals surface area (Å²) in [5.41, 5.74) is 2.99. The predicted molar refractivity (Wildman–Crippen MR) is 120 cm³/mol. The fourth-order valence-corrected chi connectivity index (χ4v) is 11.4. The summed E-state index contributed by atoms with van der Waals surface area (Å²) < 4.78 is 0.612. The third-order valence-electron chi connectivity index (χ3n) is 5.00. The van der Waals surface area contributed by atoms with Crippen molar-refractivity contribution in [2.45, 2.75) is 21.7 Å². The summed E-state index contributed by atoms with van der Waals surface area (Å²) in [7, 11) is 0. The standard InChI is InChI=1S/C21H24S4/c1-3-7-18(8-4-1)15-20(17-22-11-12-23-20)21(24-13-14-25-21)16-19-9-5-2-6-10-19/h1-10H,11-17H2. The first-order chi connectivity index (χ1) is 12.3. The molecule has 2 aromatic carbocycles. The highest BCUT2D eigenvalue weighted by molar-refractivity contribution is 8.22. The maximum absolute atomic E-state index is 2.32. The van der Waals surface area contributed by atoms with Crippen LogP contribution in [0.3, 0.4) is 0 Å². The SMILES string of the molecule is c1ccc(CC2(C3(Cc4ccccc4)SCCS3)CSCCS2)cc1. The van der Waals surface area contributed by atoms with Crippen molar-refractivity contribution < 1.29 is 0 Å². The van der Waals surface area contributed by atoms with Crippen molar-refractivity contribution >= 4 is 47.0 Å². The minimum Gasteiger partial charge on any atom is -0.160 e. The van der Waals surface area contributed by atoms with Crippen LogP contribution in [0.5, 0.6) is 0 Å². The lowest BCUT2D eigenvalue weighted by atomic mass is 9.92. The second-order valence-electron chi connectivity index (χ2n) is 6.67. The first-order valence-electron chi connectivity index (χ1n) is 8.89. The third kappa shape index (κ3) is 3.92. The van der Waals surface area contributed by atoms with E-state index >= 15 is 0 Å². The molecule has 0 aliphatic carbocycles. The summed E-state index contributed by atoms with van der Waals surface area (Å²) in [5.74, 6) is 6.45. The van der Waals surface area contributed by atoms with Crippen molar-refractivity contribution in [3.8, 4) is 0 Å². The summed E-state index contributed by atoms with van der Waals surface area (Å²) in [6.07, 6.45) is 2.38. The Hall–Kier alpha value is -0.160. The van der Waals surface area contributed by atoms with Crippen LogP contribution in [-0.4, -0.2) is 37.6 Å². The van der Waals surface area contributed by atoms with Gasteiger partial charge in [0, 0.05) is 28.8 Å². The van der Waals surface area contributed by atoms with E-state index in [1.165, 1.54) is 52.7 Å². The van der Waals surface area contributed by atoms with E-state index in [9.17, 15) is 0 Å². The molecule has 4 rings (SSSR count). The molecule has 0 saturated carbocycles. The molecule has 0 aromatic heterocycles. The van der Waals surface area contributed by atoms with Gasteiger partial charge in [-0.15, -0.1) is 23.5 Å². The molecule has 0 N–H and O–H groups in total. The van der Waals surface area contributed by atoms with Crippen LogP contribution in [0.15, 0.2) is 60.7 Å². The monoisotopic (exact) mass is 404 g/mol. The first-order valence-corrected chi connectivity index (χ1v) is 13.0. The Morgan fingerprint density at radius 3 is 1.76 bits per heavy atom. The second-order valence-corrected chi connectivity index (χ2v) is 12.3. The number of hydrogen-bond donors (Lipinski definition) is 0. The zero-order valence-corrected chi connectivity index (χ0v) is 17.6. The third-order valence-corrected chi connectivity index (χ3v) is 12.3. The average Bonchev–Trinajstić information content (AvgIpc) is 3.14. The lowest BCUT2D eigenvalue weighted by Gasteiger charge is -2.49. The van der Waals surface area contributed by atoms with E-state index in [0.717, 1.165) is 0 Å². The van der Waals surface area contributed by atoms with Crippen molar-refractivity contribution in [1.29, 1.82) is 0 Å². The molecule has 2 aliphatic heterocycles. The lowest BCUT2D eigenvalue weighted by molar-refractivity contribution is 0.573. The molecule has 1 atom stereocenters. The molecule has 2 saturated heterocycles. The Morgan fingerprint density at radius 2 is 1.20 bits per heavy atom. The molecule has 2 heterocycles. The Morgan fingerprint density at radius 1 is 0.640 bits per heavy atom. The first kappa shape index (κ1) is 18.2. The van der Waals surface area contributed by atoms with E-state index in [1.807, 2.05) is 0 Å². The lowest BCUT2D eigenvalue weighted by Crippen LogP contribution is -2.52. The topological polar surface area (TPSA) is 0 Å². The van der Waals surface area contributed by atoms with Gasteiger partial charge in [-0.3, -0.25) is 0 Å². The largest absolute Gasteiger partial charge is 0.160 e. The highest BCUT2D eigenvalue weighted by Crippen LogP contribution is 2.60. The van der Waals surface area contributed by atoms with E-state index in [1.54, 1.807) is 0 Å². The second kappa shape index (κ2) is 8.24. The van der Waals surface area contributed by atoms with Gasteiger partial charge >= 0.3 is 0 Å². The summed E-state index contributed by atoms with van der Waals surface area (Å²) in [6, 6.07) is 22.3. The van der Waals surface area contributed by atoms with Crippen LogP contribution in [-0.2, 0) is 12.8 Å². The molecule has 0 radical (unpaired) electrons. The van der Waals surface area contributed by atoms with Gasteiger partial charge in [-0.2, -0.15) is 23.5 Å². The van der Waals surface area contributed by atoms with Crippen molar-refractivity contribution in [1.82, 2.24) is 0 Å². The van der Waals surface area contributed by atoms with Crippen LogP contribution in [0.4, 0.5) is 0 Å². The quantitative estimate of drug-likeness (QED) is 0.611. The van der Waals surface area contributed by atoms with Crippen LogP contribution in [0.2, 0.25) is 0 Å². The van der Waals surface area contributed by atoms with Gasteiger partial charge in [-0.1, -0.05) is 60.7 Å². The molecule has 1 unspecified atom stereocenters. The van der Waals surface area contributed by atoms with E-state index in [4.69, 9.17) is 0 Å². The van der Waals surface area contributed by atoms with Gasteiger partial charge in [0.2, 0.25) is 0 Å². The minimum absolute atomic E-state index is 0.294. The molecule has 25 heavy (non-hydrogen) atoms.